The molecule has 4 rings (SSSR count). The Labute approximate surface area is 179 Å². The van der Waals surface area contributed by atoms with E-state index in [9.17, 15) is 5.11 Å². The van der Waals surface area contributed by atoms with Crippen LogP contribution in [0.15, 0.2) is 24.3 Å². The maximum Gasteiger partial charge on any atom is 0.226 e. The number of halogens is 1. The van der Waals surface area contributed by atoms with Gasteiger partial charge in [0.25, 0.3) is 0 Å². The minimum Gasteiger partial charge on any atom is -0.396 e. The lowest BCUT2D eigenvalue weighted by Crippen LogP contribution is -2.19. The van der Waals surface area contributed by atoms with Gasteiger partial charge in [-0.1, -0.05) is 37.6 Å². The van der Waals surface area contributed by atoms with E-state index >= 15 is 0 Å². The van der Waals surface area contributed by atoms with Crippen molar-refractivity contribution in [2.45, 2.75) is 39.2 Å². The molecule has 0 saturated heterocycles. The van der Waals surface area contributed by atoms with E-state index in [0.717, 1.165) is 46.6 Å². The molecule has 0 radical (unpaired) electrons. The van der Waals surface area contributed by atoms with E-state index in [1.54, 1.807) is 11.3 Å². The summed E-state index contributed by atoms with van der Waals surface area (Å²) in [5, 5.41) is 17.5. The number of aromatic nitrogens is 3. The molecule has 3 aromatic rings. The van der Waals surface area contributed by atoms with Crippen molar-refractivity contribution >= 4 is 44.9 Å². The molecule has 1 aromatic carbocycles. The van der Waals surface area contributed by atoms with Crippen LogP contribution in [-0.2, 0) is 0 Å². The van der Waals surface area contributed by atoms with Crippen molar-refractivity contribution in [3.05, 3.63) is 29.4 Å². The van der Waals surface area contributed by atoms with Gasteiger partial charge in [0.1, 0.15) is 16.0 Å². The third-order valence-electron chi connectivity index (χ3n) is 5.18. The third-order valence-corrected chi connectivity index (χ3v) is 6.51. The molecule has 0 bridgehead atoms. The summed E-state index contributed by atoms with van der Waals surface area (Å²) in [5.41, 5.74) is 1.69. The SMILES string of the molecule is CC(C)CNc1nc(Cl)c(-c2nc3ccccc3s2)c(NC2CCC(CO)C2)n1. The summed E-state index contributed by atoms with van der Waals surface area (Å²) in [4.78, 5) is 14.0. The number of rotatable bonds is 7. The molecule has 1 saturated carbocycles. The predicted octanol–water partition coefficient (Wildman–Crippen LogP) is 5.05. The first kappa shape index (κ1) is 20.3. The molecular weight excluding hydrogens is 406 g/mol. The number of nitrogens with one attached hydrogen (secondary N) is 2. The normalized spacial score (nSPS) is 19.2. The largest absolute Gasteiger partial charge is 0.396 e. The maximum absolute atomic E-state index is 9.48. The number of hydrogen-bond acceptors (Lipinski definition) is 7. The number of thiazole rings is 1. The highest BCUT2D eigenvalue weighted by atomic mass is 35.5. The van der Waals surface area contributed by atoms with Crippen LogP contribution in [0.4, 0.5) is 11.8 Å². The summed E-state index contributed by atoms with van der Waals surface area (Å²) >= 11 is 8.24. The Morgan fingerprint density at radius 1 is 1.21 bits per heavy atom. The summed E-state index contributed by atoms with van der Waals surface area (Å²) in [6.45, 7) is 5.27. The molecule has 0 aliphatic heterocycles. The topological polar surface area (TPSA) is 83.0 Å². The van der Waals surface area contributed by atoms with Crippen LogP contribution in [0.2, 0.25) is 5.15 Å². The molecule has 6 nitrogen and oxygen atoms in total. The Morgan fingerprint density at radius 3 is 2.76 bits per heavy atom. The highest BCUT2D eigenvalue weighted by Gasteiger charge is 2.27. The fourth-order valence-corrected chi connectivity index (χ4v) is 4.97. The van der Waals surface area contributed by atoms with E-state index in [0.29, 0.717) is 28.8 Å². The molecule has 29 heavy (non-hydrogen) atoms. The number of aliphatic hydroxyl groups excluding tert-OH is 1. The van der Waals surface area contributed by atoms with Crippen LogP contribution in [0, 0.1) is 11.8 Å². The quantitative estimate of drug-likeness (QED) is 0.454. The van der Waals surface area contributed by atoms with Crippen LogP contribution >= 0.6 is 22.9 Å². The van der Waals surface area contributed by atoms with Gasteiger partial charge in [0.05, 0.1) is 15.8 Å². The van der Waals surface area contributed by atoms with E-state index in [1.807, 2.05) is 18.2 Å². The Balaban J connectivity index is 1.71. The molecule has 1 fully saturated rings. The zero-order chi connectivity index (χ0) is 20.4. The van der Waals surface area contributed by atoms with Crippen molar-refractivity contribution in [1.82, 2.24) is 15.0 Å². The summed E-state index contributed by atoms with van der Waals surface area (Å²) in [5.74, 6) is 2.04. The van der Waals surface area contributed by atoms with Crippen molar-refractivity contribution in [3.8, 4) is 10.6 Å². The molecule has 2 aromatic heterocycles. The van der Waals surface area contributed by atoms with Crippen molar-refractivity contribution in [3.63, 3.8) is 0 Å². The molecule has 154 valence electrons. The molecule has 0 spiro atoms. The van der Waals surface area contributed by atoms with Gasteiger partial charge >= 0.3 is 0 Å². The van der Waals surface area contributed by atoms with E-state index in [1.165, 1.54) is 0 Å². The van der Waals surface area contributed by atoms with Gasteiger partial charge in [-0.3, -0.25) is 0 Å². The number of nitrogens with zero attached hydrogens (tertiary/aromatic N) is 3. The second kappa shape index (κ2) is 8.81. The van der Waals surface area contributed by atoms with Gasteiger partial charge in [-0.2, -0.15) is 4.98 Å². The Bertz CT molecular complexity index is 959. The highest BCUT2D eigenvalue weighted by Crippen LogP contribution is 2.39. The van der Waals surface area contributed by atoms with E-state index in [2.05, 4.69) is 35.5 Å². The van der Waals surface area contributed by atoms with Gasteiger partial charge in [-0.25, -0.2) is 9.97 Å². The van der Waals surface area contributed by atoms with Gasteiger partial charge in [-0.15, -0.1) is 11.3 Å². The maximum atomic E-state index is 9.48. The second-order valence-corrected chi connectivity index (χ2v) is 9.41. The van der Waals surface area contributed by atoms with E-state index < -0.39 is 0 Å². The number of para-hydroxylation sites is 1. The van der Waals surface area contributed by atoms with Crippen molar-refractivity contribution in [2.24, 2.45) is 11.8 Å². The number of aliphatic hydroxyl groups is 1. The average Bonchev–Trinajstić information content (AvgIpc) is 3.32. The van der Waals surface area contributed by atoms with Crippen LogP contribution in [0.5, 0.6) is 0 Å². The molecule has 2 atom stereocenters. The van der Waals surface area contributed by atoms with Crippen LogP contribution in [0.25, 0.3) is 20.8 Å². The third kappa shape index (κ3) is 4.63. The average molecular weight is 432 g/mol. The van der Waals surface area contributed by atoms with Crippen molar-refractivity contribution in [2.75, 3.05) is 23.8 Å². The van der Waals surface area contributed by atoms with Gasteiger partial charge in [-0.05, 0) is 43.2 Å². The molecule has 2 unspecified atom stereocenters. The number of fused-ring (bicyclic) bond motifs is 1. The van der Waals surface area contributed by atoms with Gasteiger partial charge in [0.2, 0.25) is 5.95 Å². The molecule has 8 heteroatoms. The van der Waals surface area contributed by atoms with E-state index in [-0.39, 0.29) is 12.6 Å². The monoisotopic (exact) mass is 431 g/mol. The van der Waals surface area contributed by atoms with Crippen LogP contribution in [0.3, 0.4) is 0 Å². The molecule has 3 N–H and O–H groups in total. The first-order chi connectivity index (χ1) is 14.0. The molecule has 0 amide bonds. The Morgan fingerprint density at radius 2 is 2.03 bits per heavy atom. The Hall–Kier alpha value is -1.96. The minimum absolute atomic E-state index is 0.231. The number of benzene rings is 1. The fourth-order valence-electron chi connectivity index (χ4n) is 3.65. The first-order valence-electron chi connectivity index (χ1n) is 10.1. The zero-order valence-corrected chi connectivity index (χ0v) is 18.2. The number of hydrogen-bond donors (Lipinski definition) is 3. The van der Waals surface area contributed by atoms with Gasteiger partial charge in [0, 0.05) is 19.2 Å². The van der Waals surface area contributed by atoms with Crippen molar-refractivity contribution in [1.29, 1.82) is 0 Å². The lowest BCUT2D eigenvalue weighted by atomic mass is 10.1. The summed E-state index contributed by atoms with van der Waals surface area (Å²) in [7, 11) is 0. The van der Waals surface area contributed by atoms with E-state index in [4.69, 9.17) is 21.6 Å². The predicted molar refractivity (Wildman–Crippen MR) is 121 cm³/mol. The van der Waals surface area contributed by atoms with Crippen LogP contribution in [-0.4, -0.2) is 39.3 Å². The van der Waals surface area contributed by atoms with Gasteiger partial charge < -0.3 is 15.7 Å². The highest BCUT2D eigenvalue weighted by molar-refractivity contribution is 7.21. The molecule has 1 aliphatic rings. The first-order valence-corrected chi connectivity index (χ1v) is 11.3. The lowest BCUT2D eigenvalue weighted by Gasteiger charge is -2.18. The lowest BCUT2D eigenvalue weighted by molar-refractivity contribution is 0.229. The standard InChI is InChI=1S/C21H26ClN5OS/c1-12(2)10-23-21-26-18(22)17(20-25-15-5-3-4-6-16(15)29-20)19(27-21)24-14-8-7-13(9-14)11-28/h3-6,12-14,28H,7-11H2,1-2H3,(H2,23,24,26,27). The summed E-state index contributed by atoms with van der Waals surface area (Å²) in [6, 6.07) is 8.30. The Kier molecular flexibility index (Phi) is 6.18. The van der Waals surface area contributed by atoms with Crippen LogP contribution in [0.1, 0.15) is 33.1 Å². The minimum atomic E-state index is 0.231. The molecule has 2 heterocycles. The van der Waals surface area contributed by atoms with Crippen molar-refractivity contribution < 1.29 is 5.11 Å². The fraction of sp³-hybridized carbons (Fsp3) is 0.476. The smallest absolute Gasteiger partial charge is 0.226 e. The molecular formula is C21H26ClN5OS. The van der Waals surface area contributed by atoms with Gasteiger partial charge in [0.15, 0.2) is 0 Å². The number of anilines is 2. The molecule has 1 aliphatic carbocycles. The summed E-state index contributed by atoms with van der Waals surface area (Å²) in [6.07, 6.45) is 2.94. The second-order valence-electron chi connectivity index (χ2n) is 8.03. The van der Waals surface area contributed by atoms with Crippen LogP contribution < -0.4 is 10.6 Å². The zero-order valence-electron chi connectivity index (χ0n) is 16.7. The summed E-state index contributed by atoms with van der Waals surface area (Å²) < 4.78 is 1.10.